The van der Waals surface area contributed by atoms with Crippen molar-refractivity contribution in [1.82, 2.24) is 5.32 Å². The van der Waals surface area contributed by atoms with Crippen LogP contribution in [0.1, 0.15) is 23.6 Å². The molecule has 1 aromatic rings. The lowest BCUT2D eigenvalue weighted by Crippen LogP contribution is -2.44. The van der Waals surface area contributed by atoms with E-state index in [1.165, 1.54) is 11.1 Å². The summed E-state index contributed by atoms with van der Waals surface area (Å²) in [5, 5.41) is 4.37. The molecule has 3 heteroatoms. The Hall–Kier alpha value is -0.570. The molecule has 3 rings (SSSR count). The van der Waals surface area contributed by atoms with E-state index in [1.807, 2.05) is 6.07 Å². The zero-order chi connectivity index (χ0) is 10.3. The molecule has 1 N–H and O–H groups in total. The molecular weight excluding hydrogens is 210 g/mol. The average Bonchev–Trinajstić information content (AvgIpc) is 2.28. The Labute approximate surface area is 94.6 Å². The third-order valence-corrected chi connectivity index (χ3v) is 3.54. The summed E-state index contributed by atoms with van der Waals surface area (Å²) < 4.78 is 5.77. The van der Waals surface area contributed by atoms with Gasteiger partial charge in [0, 0.05) is 11.6 Å². The van der Waals surface area contributed by atoms with Crippen LogP contribution in [-0.2, 0) is 11.2 Å². The van der Waals surface area contributed by atoms with Crippen LogP contribution < -0.4 is 5.32 Å². The van der Waals surface area contributed by atoms with E-state index in [-0.39, 0.29) is 0 Å². The molecule has 2 aliphatic rings. The summed E-state index contributed by atoms with van der Waals surface area (Å²) in [7, 11) is 0. The Morgan fingerprint density at radius 3 is 3.27 bits per heavy atom. The first-order chi connectivity index (χ1) is 7.34. The van der Waals surface area contributed by atoms with Crippen LogP contribution in [0.25, 0.3) is 0 Å². The largest absolute Gasteiger partial charge is 0.375 e. The van der Waals surface area contributed by atoms with Gasteiger partial charge in [0.25, 0.3) is 0 Å². The number of benzene rings is 1. The number of morpholine rings is 1. The van der Waals surface area contributed by atoms with Gasteiger partial charge < -0.3 is 10.1 Å². The van der Waals surface area contributed by atoms with Crippen LogP contribution in [0, 0.1) is 0 Å². The van der Waals surface area contributed by atoms with Crippen LogP contribution in [0.4, 0.5) is 0 Å². The Morgan fingerprint density at radius 2 is 2.33 bits per heavy atom. The maximum Gasteiger partial charge on any atom is 0.0773 e. The van der Waals surface area contributed by atoms with Gasteiger partial charge >= 0.3 is 0 Å². The molecule has 1 heterocycles. The van der Waals surface area contributed by atoms with E-state index in [0.717, 1.165) is 31.0 Å². The summed E-state index contributed by atoms with van der Waals surface area (Å²) in [6.45, 7) is 1.79. The van der Waals surface area contributed by atoms with Crippen molar-refractivity contribution in [2.75, 3.05) is 13.2 Å². The summed E-state index contributed by atoms with van der Waals surface area (Å²) in [6.07, 6.45) is 2.54. The Bertz CT molecular complexity index is 380. The number of hydrogen-bond donors (Lipinski definition) is 1. The molecule has 1 aliphatic carbocycles. The molecule has 2 atom stereocenters. The molecule has 0 amide bonds. The van der Waals surface area contributed by atoms with Gasteiger partial charge in [0.05, 0.1) is 18.8 Å². The zero-order valence-corrected chi connectivity index (χ0v) is 9.26. The predicted octanol–water partition coefficient (Wildman–Crippen LogP) is 2.32. The quantitative estimate of drug-likeness (QED) is 0.729. The topological polar surface area (TPSA) is 21.3 Å². The van der Waals surface area contributed by atoms with Crippen molar-refractivity contribution in [2.24, 2.45) is 0 Å². The molecule has 1 aromatic carbocycles. The fraction of sp³-hybridized carbons (Fsp3) is 0.500. The fourth-order valence-corrected chi connectivity index (χ4v) is 2.80. The summed E-state index contributed by atoms with van der Waals surface area (Å²) >= 11 is 6.00. The van der Waals surface area contributed by atoms with E-state index in [1.54, 1.807) is 0 Å². The molecule has 15 heavy (non-hydrogen) atoms. The van der Waals surface area contributed by atoms with E-state index in [4.69, 9.17) is 16.3 Å². The van der Waals surface area contributed by atoms with Crippen LogP contribution >= 0.6 is 11.6 Å². The molecule has 0 aromatic heterocycles. The van der Waals surface area contributed by atoms with E-state index >= 15 is 0 Å². The highest BCUT2D eigenvalue weighted by Crippen LogP contribution is 2.34. The first-order valence-electron chi connectivity index (χ1n) is 5.48. The lowest BCUT2D eigenvalue weighted by molar-refractivity contribution is -0.0138. The minimum Gasteiger partial charge on any atom is -0.375 e. The van der Waals surface area contributed by atoms with E-state index in [9.17, 15) is 0 Å². The minimum absolute atomic E-state index is 0.354. The summed E-state index contributed by atoms with van der Waals surface area (Å²) in [4.78, 5) is 0. The number of hydrogen-bond acceptors (Lipinski definition) is 2. The second-order valence-electron chi connectivity index (χ2n) is 4.22. The van der Waals surface area contributed by atoms with Gasteiger partial charge in [-0.2, -0.15) is 0 Å². The highest BCUT2D eigenvalue weighted by Gasteiger charge is 2.32. The van der Waals surface area contributed by atoms with Crippen molar-refractivity contribution in [3.05, 3.63) is 34.3 Å². The molecule has 0 spiro atoms. The molecule has 2 nitrogen and oxygen atoms in total. The van der Waals surface area contributed by atoms with Crippen LogP contribution in [0.2, 0.25) is 5.02 Å². The lowest BCUT2D eigenvalue weighted by atomic mass is 9.85. The molecule has 0 saturated carbocycles. The maximum absolute atomic E-state index is 6.00. The summed E-state index contributed by atoms with van der Waals surface area (Å²) in [6, 6.07) is 6.57. The van der Waals surface area contributed by atoms with Crippen molar-refractivity contribution in [3.63, 3.8) is 0 Å². The van der Waals surface area contributed by atoms with E-state index < -0.39 is 0 Å². The summed E-state index contributed by atoms with van der Waals surface area (Å²) in [5.74, 6) is 0. The molecule has 1 saturated heterocycles. The van der Waals surface area contributed by atoms with Gasteiger partial charge in [-0.15, -0.1) is 0 Å². The normalized spacial score (nSPS) is 29.4. The second-order valence-corrected chi connectivity index (χ2v) is 4.66. The van der Waals surface area contributed by atoms with Gasteiger partial charge in [-0.05, 0) is 36.1 Å². The van der Waals surface area contributed by atoms with Crippen molar-refractivity contribution in [3.8, 4) is 0 Å². The van der Waals surface area contributed by atoms with Crippen LogP contribution in [-0.4, -0.2) is 19.3 Å². The standard InChI is InChI=1S/C12H14ClNO/c13-9-2-3-10-8(7-9)1-4-11-12(10)14-5-6-15-11/h2-3,7,11-12,14H,1,4-6H2. The molecule has 0 radical (unpaired) electrons. The highest BCUT2D eigenvalue weighted by molar-refractivity contribution is 6.30. The second kappa shape index (κ2) is 3.78. The third-order valence-electron chi connectivity index (χ3n) is 3.31. The van der Waals surface area contributed by atoms with Crippen molar-refractivity contribution in [1.29, 1.82) is 0 Å². The monoisotopic (exact) mass is 223 g/mol. The Kier molecular flexibility index (Phi) is 2.43. The number of ether oxygens (including phenoxy) is 1. The molecule has 1 aliphatic heterocycles. The summed E-state index contributed by atoms with van der Waals surface area (Å²) in [5.41, 5.74) is 2.75. The molecule has 1 fully saturated rings. The highest BCUT2D eigenvalue weighted by atomic mass is 35.5. The van der Waals surface area contributed by atoms with Crippen molar-refractivity contribution in [2.45, 2.75) is 25.0 Å². The SMILES string of the molecule is Clc1ccc2c(c1)CCC1OCCNC21. The van der Waals surface area contributed by atoms with Crippen molar-refractivity contribution >= 4 is 11.6 Å². The van der Waals surface area contributed by atoms with Gasteiger partial charge in [-0.25, -0.2) is 0 Å². The molecular formula is C12H14ClNO. The van der Waals surface area contributed by atoms with Gasteiger partial charge in [0.2, 0.25) is 0 Å². The zero-order valence-electron chi connectivity index (χ0n) is 8.50. The van der Waals surface area contributed by atoms with E-state index in [2.05, 4.69) is 17.4 Å². The fourth-order valence-electron chi connectivity index (χ4n) is 2.60. The smallest absolute Gasteiger partial charge is 0.0773 e. The third kappa shape index (κ3) is 1.67. The van der Waals surface area contributed by atoms with Crippen LogP contribution in [0.15, 0.2) is 18.2 Å². The number of halogens is 1. The molecule has 0 bridgehead atoms. The number of nitrogens with one attached hydrogen (secondary N) is 1. The number of rotatable bonds is 0. The Morgan fingerprint density at radius 1 is 1.40 bits per heavy atom. The lowest BCUT2D eigenvalue weighted by Gasteiger charge is -2.37. The Balaban J connectivity index is 1.99. The predicted molar refractivity (Wildman–Crippen MR) is 60.3 cm³/mol. The van der Waals surface area contributed by atoms with Gasteiger partial charge in [0.15, 0.2) is 0 Å². The van der Waals surface area contributed by atoms with Gasteiger partial charge in [-0.3, -0.25) is 0 Å². The first kappa shape index (κ1) is 9.64. The van der Waals surface area contributed by atoms with E-state index in [0.29, 0.717) is 12.1 Å². The first-order valence-corrected chi connectivity index (χ1v) is 5.86. The van der Waals surface area contributed by atoms with Gasteiger partial charge in [-0.1, -0.05) is 17.7 Å². The molecule has 2 unspecified atom stereocenters. The van der Waals surface area contributed by atoms with Crippen molar-refractivity contribution < 1.29 is 4.74 Å². The van der Waals surface area contributed by atoms with Crippen LogP contribution in [0.3, 0.4) is 0 Å². The number of aryl methyl sites for hydroxylation is 1. The molecule has 80 valence electrons. The average molecular weight is 224 g/mol. The van der Waals surface area contributed by atoms with Gasteiger partial charge in [0.1, 0.15) is 0 Å². The van der Waals surface area contributed by atoms with Crippen LogP contribution in [0.5, 0.6) is 0 Å². The maximum atomic E-state index is 6.00. The number of fused-ring (bicyclic) bond motifs is 3. The minimum atomic E-state index is 0.354.